The van der Waals surface area contributed by atoms with E-state index in [0.29, 0.717) is 0 Å². The first kappa shape index (κ1) is 13.3. The largest absolute Gasteiger partial charge is 0.370 e. The third-order valence-corrected chi connectivity index (χ3v) is 4.21. The number of anilines is 2. The van der Waals surface area contributed by atoms with Gasteiger partial charge in [-0.15, -0.1) is 0 Å². The Kier molecular flexibility index (Phi) is 4.52. The molecule has 0 spiro atoms. The Morgan fingerprint density at radius 3 is 2.67 bits per heavy atom. The SMILES string of the molecule is CCNc1cc(N2CCS(=O)CC2)nc(CC)n1. The van der Waals surface area contributed by atoms with Gasteiger partial charge in [-0.1, -0.05) is 6.92 Å². The standard InChI is InChI=1S/C12H20N4OS/c1-3-10-14-11(13-4-2)9-12(15-10)16-5-7-18(17)8-6-16/h9H,3-8H2,1-2H3,(H,13,14,15). The van der Waals surface area contributed by atoms with Gasteiger partial charge >= 0.3 is 0 Å². The van der Waals surface area contributed by atoms with Gasteiger partial charge < -0.3 is 10.2 Å². The van der Waals surface area contributed by atoms with E-state index in [1.807, 2.05) is 6.07 Å². The topological polar surface area (TPSA) is 58.1 Å². The first-order valence-electron chi connectivity index (χ1n) is 6.44. The number of aryl methyl sites for hydroxylation is 1. The lowest BCUT2D eigenvalue weighted by Crippen LogP contribution is -2.38. The molecule has 1 saturated heterocycles. The van der Waals surface area contributed by atoms with E-state index in [2.05, 4.69) is 34.0 Å². The molecule has 1 fully saturated rings. The lowest BCUT2D eigenvalue weighted by Gasteiger charge is -2.27. The van der Waals surface area contributed by atoms with Gasteiger partial charge in [0.1, 0.15) is 17.5 Å². The molecule has 1 aromatic rings. The quantitative estimate of drug-likeness (QED) is 0.884. The maximum Gasteiger partial charge on any atom is 0.134 e. The second-order valence-corrected chi connectivity index (χ2v) is 5.94. The molecule has 0 aliphatic carbocycles. The predicted molar refractivity (Wildman–Crippen MR) is 75.7 cm³/mol. The number of rotatable bonds is 4. The van der Waals surface area contributed by atoms with E-state index in [-0.39, 0.29) is 0 Å². The van der Waals surface area contributed by atoms with Crippen LogP contribution in [0.5, 0.6) is 0 Å². The molecule has 1 aliphatic rings. The summed E-state index contributed by atoms with van der Waals surface area (Å²) in [5.41, 5.74) is 0. The normalized spacial score (nSPS) is 16.9. The maximum atomic E-state index is 11.4. The highest BCUT2D eigenvalue weighted by atomic mass is 32.2. The van der Waals surface area contributed by atoms with E-state index >= 15 is 0 Å². The number of nitrogens with one attached hydrogen (secondary N) is 1. The summed E-state index contributed by atoms with van der Waals surface area (Å²) in [6.45, 7) is 6.60. The minimum absolute atomic E-state index is 0.651. The fourth-order valence-corrected chi connectivity index (χ4v) is 2.99. The summed E-state index contributed by atoms with van der Waals surface area (Å²) in [6, 6.07) is 1.98. The van der Waals surface area contributed by atoms with Crippen LogP contribution in [-0.2, 0) is 17.2 Å². The molecule has 6 heteroatoms. The molecule has 0 bridgehead atoms. The fraction of sp³-hybridized carbons (Fsp3) is 0.667. The Morgan fingerprint density at radius 1 is 1.33 bits per heavy atom. The van der Waals surface area contributed by atoms with Gasteiger partial charge in [0.2, 0.25) is 0 Å². The predicted octanol–water partition coefficient (Wildman–Crippen LogP) is 1.04. The molecular weight excluding hydrogens is 248 g/mol. The van der Waals surface area contributed by atoms with Crippen molar-refractivity contribution in [1.29, 1.82) is 0 Å². The summed E-state index contributed by atoms with van der Waals surface area (Å²) in [5.74, 6) is 4.17. The van der Waals surface area contributed by atoms with Crippen LogP contribution in [0, 0.1) is 0 Å². The summed E-state index contributed by atoms with van der Waals surface area (Å²) in [7, 11) is -0.651. The maximum absolute atomic E-state index is 11.4. The van der Waals surface area contributed by atoms with Crippen molar-refractivity contribution in [3.63, 3.8) is 0 Å². The Morgan fingerprint density at radius 2 is 2.06 bits per heavy atom. The van der Waals surface area contributed by atoms with Crippen molar-refractivity contribution in [2.24, 2.45) is 0 Å². The summed E-state index contributed by atoms with van der Waals surface area (Å²) in [5, 5.41) is 3.23. The van der Waals surface area contributed by atoms with E-state index in [9.17, 15) is 4.21 Å². The molecule has 5 nitrogen and oxygen atoms in total. The van der Waals surface area contributed by atoms with Gasteiger partial charge in [-0.05, 0) is 6.92 Å². The Balaban J connectivity index is 2.20. The second kappa shape index (κ2) is 6.13. The van der Waals surface area contributed by atoms with Gasteiger partial charge in [0.05, 0.1) is 0 Å². The van der Waals surface area contributed by atoms with Crippen LogP contribution < -0.4 is 10.2 Å². The fourth-order valence-electron chi connectivity index (χ4n) is 1.94. The Bertz CT molecular complexity index is 428. The first-order valence-corrected chi connectivity index (χ1v) is 7.93. The van der Waals surface area contributed by atoms with Gasteiger partial charge in [-0.2, -0.15) is 0 Å². The smallest absolute Gasteiger partial charge is 0.134 e. The van der Waals surface area contributed by atoms with Crippen LogP contribution in [0.4, 0.5) is 11.6 Å². The first-order chi connectivity index (χ1) is 8.72. The molecule has 0 amide bonds. The van der Waals surface area contributed by atoms with E-state index < -0.39 is 10.8 Å². The van der Waals surface area contributed by atoms with Crippen LogP contribution >= 0.6 is 0 Å². The molecule has 100 valence electrons. The summed E-state index contributed by atoms with van der Waals surface area (Å²) in [4.78, 5) is 11.2. The van der Waals surface area contributed by atoms with Crippen LogP contribution in [0.25, 0.3) is 0 Å². The van der Waals surface area contributed by atoms with E-state index in [4.69, 9.17) is 0 Å². The van der Waals surface area contributed by atoms with Crippen molar-refractivity contribution < 1.29 is 4.21 Å². The Hall–Kier alpha value is -1.17. The highest BCUT2D eigenvalue weighted by molar-refractivity contribution is 7.85. The third kappa shape index (κ3) is 3.19. The van der Waals surface area contributed by atoms with Gasteiger partial charge in [-0.25, -0.2) is 9.97 Å². The lowest BCUT2D eigenvalue weighted by atomic mass is 10.4. The molecule has 0 aromatic carbocycles. The highest BCUT2D eigenvalue weighted by Crippen LogP contribution is 2.18. The zero-order valence-corrected chi connectivity index (χ0v) is 11.8. The van der Waals surface area contributed by atoms with Crippen molar-refractivity contribution in [3.8, 4) is 0 Å². The molecule has 1 N–H and O–H groups in total. The highest BCUT2D eigenvalue weighted by Gasteiger charge is 2.17. The number of hydrogen-bond donors (Lipinski definition) is 1. The van der Waals surface area contributed by atoms with Crippen molar-refractivity contribution in [3.05, 3.63) is 11.9 Å². The molecule has 0 atom stereocenters. The van der Waals surface area contributed by atoms with Crippen molar-refractivity contribution in [2.45, 2.75) is 20.3 Å². The summed E-state index contributed by atoms with van der Waals surface area (Å²) >= 11 is 0. The van der Waals surface area contributed by atoms with E-state index in [1.54, 1.807) is 0 Å². The van der Waals surface area contributed by atoms with E-state index in [1.165, 1.54) is 0 Å². The minimum Gasteiger partial charge on any atom is -0.370 e. The number of hydrogen-bond acceptors (Lipinski definition) is 5. The zero-order chi connectivity index (χ0) is 13.0. The average Bonchev–Trinajstić information content (AvgIpc) is 2.39. The van der Waals surface area contributed by atoms with Gasteiger partial charge in [0.25, 0.3) is 0 Å². The molecule has 2 heterocycles. The lowest BCUT2D eigenvalue weighted by molar-refractivity contribution is 0.672. The zero-order valence-electron chi connectivity index (χ0n) is 11.0. The van der Waals surface area contributed by atoms with Gasteiger partial charge in [0, 0.05) is 54.4 Å². The van der Waals surface area contributed by atoms with Crippen LogP contribution in [-0.4, -0.2) is 45.3 Å². The van der Waals surface area contributed by atoms with E-state index in [0.717, 1.165) is 55.0 Å². The van der Waals surface area contributed by atoms with Crippen LogP contribution in [0.15, 0.2) is 6.07 Å². The summed E-state index contributed by atoms with van der Waals surface area (Å²) in [6.07, 6.45) is 0.825. The van der Waals surface area contributed by atoms with Crippen molar-refractivity contribution in [2.75, 3.05) is 41.4 Å². The second-order valence-electron chi connectivity index (χ2n) is 4.25. The van der Waals surface area contributed by atoms with Crippen LogP contribution in [0.2, 0.25) is 0 Å². The molecule has 18 heavy (non-hydrogen) atoms. The van der Waals surface area contributed by atoms with Crippen LogP contribution in [0.1, 0.15) is 19.7 Å². The molecule has 0 saturated carbocycles. The molecule has 1 aromatic heterocycles. The van der Waals surface area contributed by atoms with Gasteiger partial charge in [0.15, 0.2) is 0 Å². The third-order valence-electron chi connectivity index (χ3n) is 2.93. The molecule has 0 radical (unpaired) electrons. The molecule has 0 unspecified atom stereocenters. The number of nitrogens with zero attached hydrogens (tertiary/aromatic N) is 3. The summed E-state index contributed by atoms with van der Waals surface area (Å²) < 4.78 is 11.4. The van der Waals surface area contributed by atoms with Gasteiger partial charge in [-0.3, -0.25) is 4.21 Å². The molecular formula is C12H20N4OS. The van der Waals surface area contributed by atoms with Crippen molar-refractivity contribution in [1.82, 2.24) is 9.97 Å². The monoisotopic (exact) mass is 268 g/mol. The van der Waals surface area contributed by atoms with Crippen molar-refractivity contribution >= 4 is 22.4 Å². The molecule has 2 rings (SSSR count). The van der Waals surface area contributed by atoms with Crippen LogP contribution in [0.3, 0.4) is 0 Å². The minimum atomic E-state index is -0.651. The average molecular weight is 268 g/mol. The Labute approximate surface area is 110 Å². The number of aromatic nitrogens is 2. The molecule has 1 aliphatic heterocycles.